The van der Waals surface area contributed by atoms with Gasteiger partial charge in [0.25, 0.3) is 0 Å². The van der Waals surface area contributed by atoms with Gasteiger partial charge < -0.3 is 8.98 Å². The van der Waals surface area contributed by atoms with Crippen LogP contribution in [0.1, 0.15) is 12.6 Å². The molecule has 0 aliphatic carbocycles. The maximum absolute atomic E-state index is 5.30. The van der Waals surface area contributed by atoms with Gasteiger partial charge in [-0.3, -0.25) is 0 Å². The van der Waals surface area contributed by atoms with Gasteiger partial charge in [-0.1, -0.05) is 6.08 Å². The van der Waals surface area contributed by atoms with Crippen LogP contribution in [0.15, 0.2) is 28.9 Å². The van der Waals surface area contributed by atoms with Gasteiger partial charge in [0.05, 0.1) is 6.26 Å². The Hall–Kier alpha value is -1.44. The minimum atomic E-state index is 0.933. The summed E-state index contributed by atoms with van der Waals surface area (Å²) in [6.45, 7) is 2.01. The van der Waals surface area contributed by atoms with Crippen molar-refractivity contribution in [2.24, 2.45) is 7.05 Å². The molecule has 0 aliphatic heterocycles. The van der Waals surface area contributed by atoms with E-state index in [0.29, 0.717) is 0 Å². The number of hydrogen-bond donors (Lipinski definition) is 0. The number of rotatable bonds is 1. The molecule has 0 fully saturated rings. The zero-order chi connectivity index (χ0) is 8.55. The molecule has 2 heterocycles. The molecule has 0 saturated carbocycles. The standard InChI is InChI=1S/C10H11NO/c1-3-4-9-7-8-5-6-12-10(8)11(9)2/h3-7H,1-2H3/b4-3+. The van der Waals surface area contributed by atoms with Gasteiger partial charge in [0.2, 0.25) is 5.71 Å². The van der Waals surface area contributed by atoms with Crippen LogP contribution >= 0.6 is 0 Å². The number of aryl methyl sites for hydroxylation is 1. The fraction of sp³-hybridized carbons (Fsp3) is 0.200. The van der Waals surface area contributed by atoms with Gasteiger partial charge in [-0.15, -0.1) is 0 Å². The van der Waals surface area contributed by atoms with Crippen molar-refractivity contribution < 1.29 is 4.42 Å². The largest absolute Gasteiger partial charge is 0.448 e. The first kappa shape index (κ1) is 7.22. The fourth-order valence-electron chi connectivity index (χ4n) is 1.40. The SMILES string of the molecule is C/C=C/c1cc2ccoc2n1C. The summed E-state index contributed by atoms with van der Waals surface area (Å²) in [5.74, 6) is 0. The minimum absolute atomic E-state index is 0.933. The van der Waals surface area contributed by atoms with Crippen LogP contribution in [-0.2, 0) is 7.05 Å². The van der Waals surface area contributed by atoms with Gasteiger partial charge in [0, 0.05) is 18.1 Å². The van der Waals surface area contributed by atoms with Crippen molar-refractivity contribution in [2.75, 3.05) is 0 Å². The molecule has 2 nitrogen and oxygen atoms in total. The maximum Gasteiger partial charge on any atom is 0.206 e. The van der Waals surface area contributed by atoms with E-state index in [2.05, 4.69) is 12.1 Å². The summed E-state index contributed by atoms with van der Waals surface area (Å²) in [6.07, 6.45) is 5.80. The zero-order valence-electron chi connectivity index (χ0n) is 7.24. The predicted octanol–water partition coefficient (Wildman–Crippen LogP) is 2.80. The number of allylic oxidation sites excluding steroid dienone is 1. The first-order valence-corrected chi connectivity index (χ1v) is 3.98. The molecular formula is C10H11NO. The highest BCUT2D eigenvalue weighted by atomic mass is 16.3. The van der Waals surface area contributed by atoms with Crippen molar-refractivity contribution in [3.8, 4) is 0 Å². The summed E-state index contributed by atoms with van der Waals surface area (Å²) < 4.78 is 7.34. The molecule has 0 spiro atoms. The summed E-state index contributed by atoms with van der Waals surface area (Å²) in [6, 6.07) is 4.08. The van der Waals surface area contributed by atoms with Crippen LogP contribution in [0.5, 0.6) is 0 Å². The van der Waals surface area contributed by atoms with Crippen LogP contribution in [0.25, 0.3) is 17.2 Å². The Balaban J connectivity index is 2.70. The van der Waals surface area contributed by atoms with E-state index in [0.717, 1.165) is 11.1 Å². The number of furan rings is 1. The van der Waals surface area contributed by atoms with Gasteiger partial charge in [0.1, 0.15) is 0 Å². The second-order valence-corrected chi connectivity index (χ2v) is 2.81. The Bertz CT molecular complexity index is 420. The second kappa shape index (κ2) is 2.55. The van der Waals surface area contributed by atoms with E-state index < -0.39 is 0 Å². The monoisotopic (exact) mass is 161 g/mol. The average molecular weight is 161 g/mol. The van der Waals surface area contributed by atoms with E-state index in [1.54, 1.807) is 6.26 Å². The third-order valence-corrected chi connectivity index (χ3v) is 2.01. The molecule has 0 aliphatic rings. The van der Waals surface area contributed by atoms with Gasteiger partial charge in [-0.2, -0.15) is 0 Å². The van der Waals surface area contributed by atoms with Gasteiger partial charge in [-0.05, 0) is 25.1 Å². The van der Waals surface area contributed by atoms with Crippen molar-refractivity contribution in [3.63, 3.8) is 0 Å². The quantitative estimate of drug-likeness (QED) is 0.629. The smallest absolute Gasteiger partial charge is 0.206 e. The van der Waals surface area contributed by atoms with E-state index in [4.69, 9.17) is 4.42 Å². The molecule has 12 heavy (non-hydrogen) atoms. The molecule has 0 unspecified atom stereocenters. The third kappa shape index (κ3) is 0.881. The number of aromatic nitrogens is 1. The summed E-state index contributed by atoms with van der Waals surface area (Å²) in [5.41, 5.74) is 2.11. The van der Waals surface area contributed by atoms with Crippen LogP contribution in [0, 0.1) is 0 Å². The maximum atomic E-state index is 5.30. The molecule has 2 aromatic heterocycles. The van der Waals surface area contributed by atoms with Crippen molar-refractivity contribution in [2.45, 2.75) is 6.92 Å². The number of fused-ring (bicyclic) bond motifs is 1. The van der Waals surface area contributed by atoms with E-state index in [9.17, 15) is 0 Å². The van der Waals surface area contributed by atoms with Crippen LogP contribution in [0.2, 0.25) is 0 Å². The highest BCUT2D eigenvalue weighted by Crippen LogP contribution is 2.20. The molecule has 62 valence electrons. The Kier molecular flexibility index (Phi) is 1.54. The highest BCUT2D eigenvalue weighted by Gasteiger charge is 2.04. The lowest BCUT2D eigenvalue weighted by atomic mass is 10.3. The molecule has 2 heteroatoms. The van der Waals surface area contributed by atoms with Crippen molar-refractivity contribution in [1.82, 2.24) is 4.57 Å². The van der Waals surface area contributed by atoms with Crippen LogP contribution < -0.4 is 0 Å². The first-order valence-electron chi connectivity index (χ1n) is 3.98. The van der Waals surface area contributed by atoms with E-state index in [-0.39, 0.29) is 0 Å². The van der Waals surface area contributed by atoms with E-state index in [1.807, 2.05) is 30.7 Å². The molecule has 0 N–H and O–H groups in total. The molecule has 0 saturated heterocycles. The lowest BCUT2D eigenvalue weighted by molar-refractivity contribution is 0.583. The van der Waals surface area contributed by atoms with Gasteiger partial charge in [0.15, 0.2) is 0 Å². The number of nitrogens with zero attached hydrogens (tertiary/aromatic N) is 1. The van der Waals surface area contributed by atoms with Crippen molar-refractivity contribution >= 4 is 17.2 Å². The minimum Gasteiger partial charge on any atom is -0.448 e. The fourth-order valence-corrected chi connectivity index (χ4v) is 1.40. The Morgan fingerprint density at radius 1 is 1.50 bits per heavy atom. The Morgan fingerprint density at radius 2 is 2.33 bits per heavy atom. The molecule has 0 atom stereocenters. The lowest BCUT2D eigenvalue weighted by Crippen LogP contribution is -1.88. The molecule has 2 rings (SSSR count). The topological polar surface area (TPSA) is 18.1 Å². The normalized spacial score (nSPS) is 11.8. The third-order valence-electron chi connectivity index (χ3n) is 2.01. The summed E-state index contributed by atoms with van der Waals surface area (Å²) >= 11 is 0. The highest BCUT2D eigenvalue weighted by molar-refractivity contribution is 5.78. The summed E-state index contributed by atoms with van der Waals surface area (Å²) in [5, 5.41) is 1.16. The molecular weight excluding hydrogens is 150 g/mol. The Labute approximate surface area is 71.1 Å². The predicted molar refractivity (Wildman–Crippen MR) is 49.9 cm³/mol. The van der Waals surface area contributed by atoms with Gasteiger partial charge in [-0.25, -0.2) is 0 Å². The van der Waals surface area contributed by atoms with Crippen LogP contribution in [-0.4, -0.2) is 4.57 Å². The summed E-state index contributed by atoms with van der Waals surface area (Å²) in [7, 11) is 2.00. The van der Waals surface area contributed by atoms with Crippen LogP contribution in [0.4, 0.5) is 0 Å². The second-order valence-electron chi connectivity index (χ2n) is 2.81. The molecule has 0 radical (unpaired) electrons. The first-order chi connectivity index (χ1) is 5.83. The molecule has 0 aromatic carbocycles. The summed E-state index contributed by atoms with van der Waals surface area (Å²) in [4.78, 5) is 0. The van der Waals surface area contributed by atoms with Crippen molar-refractivity contribution in [1.29, 1.82) is 0 Å². The van der Waals surface area contributed by atoms with E-state index in [1.165, 1.54) is 5.69 Å². The number of hydrogen-bond acceptors (Lipinski definition) is 1. The van der Waals surface area contributed by atoms with E-state index >= 15 is 0 Å². The molecule has 0 amide bonds. The molecule has 0 bridgehead atoms. The molecule has 2 aromatic rings. The van der Waals surface area contributed by atoms with Crippen molar-refractivity contribution in [3.05, 3.63) is 30.2 Å². The van der Waals surface area contributed by atoms with Crippen LogP contribution in [0.3, 0.4) is 0 Å². The zero-order valence-corrected chi connectivity index (χ0v) is 7.24. The average Bonchev–Trinajstić information content (AvgIpc) is 2.58. The Morgan fingerprint density at radius 3 is 3.00 bits per heavy atom. The van der Waals surface area contributed by atoms with Gasteiger partial charge >= 0.3 is 0 Å². The lowest BCUT2D eigenvalue weighted by Gasteiger charge is -1.94.